The Hall–Kier alpha value is -1.51. The minimum absolute atomic E-state index is 0.214. The van der Waals surface area contributed by atoms with E-state index in [-0.39, 0.29) is 5.84 Å². The van der Waals surface area contributed by atoms with E-state index in [0.29, 0.717) is 6.42 Å². The summed E-state index contributed by atoms with van der Waals surface area (Å²) in [4.78, 5) is 2.29. The Balaban J connectivity index is 2.75. The van der Waals surface area contributed by atoms with Crippen LogP contribution in [0.2, 0.25) is 0 Å². The van der Waals surface area contributed by atoms with E-state index < -0.39 is 0 Å². The van der Waals surface area contributed by atoms with Crippen molar-refractivity contribution in [3.63, 3.8) is 0 Å². The highest BCUT2D eigenvalue weighted by Crippen LogP contribution is 2.14. The van der Waals surface area contributed by atoms with Crippen LogP contribution in [0.1, 0.15) is 19.4 Å². The predicted molar refractivity (Wildman–Crippen MR) is 65.6 cm³/mol. The van der Waals surface area contributed by atoms with E-state index in [4.69, 9.17) is 11.1 Å². The number of rotatable bonds is 5. The third-order valence-corrected chi connectivity index (χ3v) is 2.46. The molecule has 0 spiro atoms. The zero-order valence-corrected chi connectivity index (χ0v) is 9.46. The number of nitrogens with one attached hydrogen (secondary N) is 1. The highest BCUT2D eigenvalue weighted by atomic mass is 15.1. The molecule has 0 aliphatic carbocycles. The SMILES string of the molecule is CCN(CC)c1ccc(CC(=N)N)cc1. The molecular weight excluding hydrogens is 186 g/mol. The molecule has 0 radical (unpaired) electrons. The van der Waals surface area contributed by atoms with Gasteiger partial charge in [0.15, 0.2) is 0 Å². The van der Waals surface area contributed by atoms with Gasteiger partial charge in [-0.3, -0.25) is 5.41 Å². The molecule has 3 nitrogen and oxygen atoms in total. The molecule has 0 fully saturated rings. The van der Waals surface area contributed by atoms with Crippen molar-refractivity contribution < 1.29 is 0 Å². The molecule has 0 aliphatic heterocycles. The molecule has 0 bridgehead atoms. The number of hydrogen-bond donors (Lipinski definition) is 2. The minimum atomic E-state index is 0.214. The molecule has 1 aromatic rings. The molecule has 0 amide bonds. The Morgan fingerprint density at radius 3 is 2.13 bits per heavy atom. The van der Waals surface area contributed by atoms with Crippen LogP contribution in [0.25, 0.3) is 0 Å². The first-order chi connectivity index (χ1) is 7.17. The van der Waals surface area contributed by atoms with Gasteiger partial charge >= 0.3 is 0 Å². The van der Waals surface area contributed by atoms with Gasteiger partial charge in [-0.1, -0.05) is 12.1 Å². The lowest BCUT2D eigenvalue weighted by atomic mass is 10.1. The fraction of sp³-hybridized carbons (Fsp3) is 0.417. The molecule has 0 aromatic heterocycles. The largest absolute Gasteiger partial charge is 0.387 e. The number of anilines is 1. The normalized spacial score (nSPS) is 10.0. The maximum Gasteiger partial charge on any atom is 0.0950 e. The van der Waals surface area contributed by atoms with E-state index in [1.54, 1.807) is 0 Å². The Morgan fingerprint density at radius 1 is 1.20 bits per heavy atom. The average molecular weight is 205 g/mol. The predicted octanol–water partition coefficient (Wildman–Crippen LogP) is 2.01. The van der Waals surface area contributed by atoms with E-state index in [0.717, 1.165) is 18.7 Å². The second-order valence-electron chi connectivity index (χ2n) is 3.54. The van der Waals surface area contributed by atoms with E-state index in [1.807, 2.05) is 12.1 Å². The summed E-state index contributed by atoms with van der Waals surface area (Å²) in [6, 6.07) is 8.25. The minimum Gasteiger partial charge on any atom is -0.387 e. The van der Waals surface area contributed by atoms with Gasteiger partial charge in [0.25, 0.3) is 0 Å². The summed E-state index contributed by atoms with van der Waals surface area (Å²) in [5, 5.41) is 7.21. The summed E-state index contributed by atoms with van der Waals surface area (Å²) >= 11 is 0. The summed E-state index contributed by atoms with van der Waals surface area (Å²) in [5.41, 5.74) is 7.67. The van der Waals surface area contributed by atoms with Crippen molar-refractivity contribution in [1.29, 1.82) is 5.41 Å². The first-order valence-corrected chi connectivity index (χ1v) is 5.34. The lowest BCUT2D eigenvalue weighted by Gasteiger charge is -2.21. The van der Waals surface area contributed by atoms with Gasteiger partial charge in [-0.15, -0.1) is 0 Å². The molecule has 3 heteroatoms. The van der Waals surface area contributed by atoms with Gasteiger partial charge < -0.3 is 10.6 Å². The van der Waals surface area contributed by atoms with Crippen molar-refractivity contribution in [2.24, 2.45) is 5.73 Å². The van der Waals surface area contributed by atoms with E-state index in [1.165, 1.54) is 5.69 Å². The Labute approximate surface area is 91.4 Å². The van der Waals surface area contributed by atoms with Gasteiger partial charge in [0.2, 0.25) is 0 Å². The maximum absolute atomic E-state index is 7.21. The standard InChI is InChI=1S/C12H19N3/c1-3-15(4-2)11-7-5-10(6-8-11)9-12(13)14/h5-8H,3-4,9H2,1-2H3,(H3,13,14). The van der Waals surface area contributed by atoms with Crippen LogP contribution in [-0.2, 0) is 6.42 Å². The Bertz CT molecular complexity index is 312. The zero-order chi connectivity index (χ0) is 11.3. The molecule has 0 saturated heterocycles. The topological polar surface area (TPSA) is 53.1 Å². The molecule has 0 atom stereocenters. The second-order valence-corrected chi connectivity index (χ2v) is 3.54. The molecule has 0 unspecified atom stereocenters. The molecule has 0 saturated carbocycles. The lowest BCUT2D eigenvalue weighted by molar-refractivity contribution is 0.866. The van der Waals surface area contributed by atoms with Crippen molar-refractivity contribution in [2.75, 3.05) is 18.0 Å². The lowest BCUT2D eigenvalue weighted by Crippen LogP contribution is -2.21. The molecular formula is C12H19N3. The number of nitrogens with zero attached hydrogens (tertiary/aromatic N) is 1. The van der Waals surface area contributed by atoms with Gasteiger partial charge in [-0.2, -0.15) is 0 Å². The van der Waals surface area contributed by atoms with Gasteiger partial charge in [0.05, 0.1) is 5.84 Å². The van der Waals surface area contributed by atoms with E-state index in [9.17, 15) is 0 Å². The third kappa shape index (κ3) is 3.27. The van der Waals surface area contributed by atoms with Crippen LogP contribution in [-0.4, -0.2) is 18.9 Å². The monoisotopic (exact) mass is 205 g/mol. The summed E-state index contributed by atoms with van der Waals surface area (Å²) in [6.07, 6.45) is 0.540. The summed E-state index contributed by atoms with van der Waals surface area (Å²) in [7, 11) is 0. The van der Waals surface area contributed by atoms with Crippen LogP contribution >= 0.6 is 0 Å². The van der Waals surface area contributed by atoms with Crippen molar-refractivity contribution in [3.8, 4) is 0 Å². The van der Waals surface area contributed by atoms with E-state index in [2.05, 4.69) is 30.9 Å². The van der Waals surface area contributed by atoms with Crippen molar-refractivity contribution in [2.45, 2.75) is 20.3 Å². The van der Waals surface area contributed by atoms with Crippen molar-refractivity contribution >= 4 is 11.5 Å². The first-order valence-electron chi connectivity index (χ1n) is 5.34. The summed E-state index contributed by atoms with van der Waals surface area (Å²) in [5.74, 6) is 0.214. The number of benzene rings is 1. The van der Waals surface area contributed by atoms with Crippen molar-refractivity contribution in [1.82, 2.24) is 0 Å². The van der Waals surface area contributed by atoms with Gasteiger partial charge in [0, 0.05) is 25.2 Å². The number of amidine groups is 1. The van der Waals surface area contributed by atoms with E-state index >= 15 is 0 Å². The third-order valence-electron chi connectivity index (χ3n) is 2.46. The molecule has 1 aromatic carbocycles. The average Bonchev–Trinajstić information content (AvgIpc) is 2.21. The van der Waals surface area contributed by atoms with Gasteiger partial charge in [-0.25, -0.2) is 0 Å². The maximum atomic E-state index is 7.21. The molecule has 0 heterocycles. The Kier molecular flexibility index (Phi) is 4.16. The Morgan fingerprint density at radius 2 is 1.73 bits per heavy atom. The van der Waals surface area contributed by atoms with Crippen LogP contribution in [0.15, 0.2) is 24.3 Å². The van der Waals surface area contributed by atoms with Crippen molar-refractivity contribution in [3.05, 3.63) is 29.8 Å². The van der Waals surface area contributed by atoms with Gasteiger partial charge in [-0.05, 0) is 31.5 Å². The van der Waals surface area contributed by atoms with Crippen LogP contribution in [0.3, 0.4) is 0 Å². The van der Waals surface area contributed by atoms with Gasteiger partial charge in [0.1, 0.15) is 0 Å². The van der Waals surface area contributed by atoms with Crippen LogP contribution in [0, 0.1) is 5.41 Å². The summed E-state index contributed by atoms with van der Waals surface area (Å²) in [6.45, 7) is 6.32. The molecule has 3 N–H and O–H groups in total. The quantitative estimate of drug-likeness (QED) is 0.570. The van der Waals surface area contributed by atoms with Crippen LogP contribution in [0.4, 0.5) is 5.69 Å². The molecule has 15 heavy (non-hydrogen) atoms. The number of nitrogens with two attached hydrogens (primary N) is 1. The fourth-order valence-electron chi connectivity index (χ4n) is 1.63. The second kappa shape index (κ2) is 5.39. The highest BCUT2D eigenvalue weighted by Gasteiger charge is 2.01. The number of hydrogen-bond acceptors (Lipinski definition) is 2. The fourth-order valence-corrected chi connectivity index (χ4v) is 1.63. The summed E-state index contributed by atoms with van der Waals surface area (Å²) < 4.78 is 0. The smallest absolute Gasteiger partial charge is 0.0950 e. The first kappa shape index (κ1) is 11.6. The zero-order valence-electron chi connectivity index (χ0n) is 9.46. The highest BCUT2D eigenvalue weighted by molar-refractivity contribution is 5.79. The molecule has 1 rings (SSSR count). The van der Waals surface area contributed by atoms with Crippen LogP contribution < -0.4 is 10.6 Å². The molecule has 82 valence electrons. The molecule has 0 aliphatic rings. The van der Waals surface area contributed by atoms with Crippen LogP contribution in [0.5, 0.6) is 0 Å².